The van der Waals surface area contributed by atoms with Gasteiger partial charge in [0, 0.05) is 16.5 Å². The van der Waals surface area contributed by atoms with Gasteiger partial charge in [-0.15, -0.1) is 0 Å². The molecule has 8 nitrogen and oxygen atoms in total. The van der Waals surface area contributed by atoms with Gasteiger partial charge in [0.15, 0.2) is 5.69 Å². The topological polar surface area (TPSA) is 99.1 Å². The summed E-state index contributed by atoms with van der Waals surface area (Å²) in [6.45, 7) is 23.6. The number of benzene rings is 1. The molecule has 0 saturated carbocycles. The molecule has 38 heavy (non-hydrogen) atoms. The molecule has 0 fully saturated rings. The quantitative estimate of drug-likeness (QED) is 0.385. The number of aromatic nitrogens is 4. The van der Waals surface area contributed by atoms with Crippen molar-refractivity contribution in [3.05, 3.63) is 69.3 Å². The minimum atomic E-state index is -0.376. The molecule has 208 valence electrons. The van der Waals surface area contributed by atoms with Crippen molar-refractivity contribution in [1.82, 2.24) is 20.0 Å². The Balaban J connectivity index is 0.000000308. The van der Waals surface area contributed by atoms with Crippen LogP contribution < -0.4 is 0 Å². The number of ether oxygens (including phenoxy) is 2. The smallest absolute Gasteiger partial charge is 0.358 e. The van der Waals surface area contributed by atoms with Crippen LogP contribution in [0.1, 0.15) is 110 Å². The van der Waals surface area contributed by atoms with E-state index in [1.54, 1.807) is 17.7 Å². The maximum absolute atomic E-state index is 12.3. The summed E-state index contributed by atoms with van der Waals surface area (Å²) in [6.07, 6.45) is 0. The average molecular weight is 525 g/mol. The Bertz CT molecular complexity index is 1230. The van der Waals surface area contributed by atoms with Crippen LogP contribution in [0.3, 0.4) is 0 Å². The number of hydrogen-bond acceptors (Lipinski definition) is 6. The van der Waals surface area contributed by atoms with Crippen LogP contribution in [0.4, 0.5) is 0 Å². The Morgan fingerprint density at radius 2 is 1.39 bits per heavy atom. The Morgan fingerprint density at radius 1 is 0.842 bits per heavy atom. The van der Waals surface area contributed by atoms with E-state index in [4.69, 9.17) is 14.6 Å². The van der Waals surface area contributed by atoms with E-state index in [2.05, 4.69) is 84.6 Å². The van der Waals surface area contributed by atoms with Crippen molar-refractivity contribution in [2.24, 2.45) is 0 Å². The summed E-state index contributed by atoms with van der Waals surface area (Å²) in [7, 11) is 0. The van der Waals surface area contributed by atoms with Crippen LogP contribution in [0, 0.1) is 20.8 Å². The fourth-order valence-electron chi connectivity index (χ4n) is 3.90. The number of hydrogen-bond donors (Lipinski definition) is 1. The summed E-state index contributed by atoms with van der Waals surface area (Å²) in [5.41, 5.74) is 7.42. The lowest BCUT2D eigenvalue weighted by Crippen LogP contribution is -2.16. The van der Waals surface area contributed by atoms with E-state index in [0.29, 0.717) is 31.1 Å². The van der Waals surface area contributed by atoms with Gasteiger partial charge < -0.3 is 9.47 Å². The summed E-state index contributed by atoms with van der Waals surface area (Å²) >= 11 is 0. The lowest BCUT2D eigenvalue weighted by molar-refractivity contribution is 0.0506. The Hall–Kier alpha value is -3.42. The predicted molar refractivity (Wildman–Crippen MR) is 150 cm³/mol. The van der Waals surface area contributed by atoms with Crippen LogP contribution >= 0.6 is 0 Å². The van der Waals surface area contributed by atoms with Crippen LogP contribution in [-0.4, -0.2) is 45.1 Å². The molecule has 0 unspecified atom stereocenters. The number of H-pyrrole nitrogens is 1. The van der Waals surface area contributed by atoms with Crippen molar-refractivity contribution in [2.45, 2.75) is 93.5 Å². The van der Waals surface area contributed by atoms with E-state index in [9.17, 15) is 9.59 Å². The molecule has 2 aromatic heterocycles. The first-order chi connectivity index (χ1) is 17.6. The standard InChI is InChI=1S/C20H28N2O2.C10H16N2O2/c1-8-24-19(23)17-11-18(20(5,6)7)21-22(17)12-16-14(3)9-13(2)10-15(16)4;1-5-14-9(13)7-6-8(12-11-7)10(2,3)4/h9-11H,8,12H2,1-7H3;6H,5H2,1-4H3,(H,11,12). The molecule has 3 rings (SSSR count). The number of nitrogens with zero attached hydrogens (tertiary/aromatic N) is 3. The molecule has 0 aliphatic heterocycles. The molecule has 1 aromatic carbocycles. The molecule has 3 aromatic rings. The van der Waals surface area contributed by atoms with Gasteiger partial charge in [-0.2, -0.15) is 10.2 Å². The number of carbonyl (C=O) groups is 2. The molecule has 0 atom stereocenters. The predicted octanol–water partition coefficient (Wildman–Crippen LogP) is 6.21. The van der Waals surface area contributed by atoms with Gasteiger partial charge in [-0.1, -0.05) is 59.2 Å². The van der Waals surface area contributed by atoms with Crippen LogP contribution in [0.25, 0.3) is 0 Å². The summed E-state index contributed by atoms with van der Waals surface area (Å²) in [6, 6.07) is 7.93. The zero-order valence-corrected chi connectivity index (χ0v) is 24.9. The fourth-order valence-corrected chi connectivity index (χ4v) is 3.90. The van der Waals surface area contributed by atoms with E-state index >= 15 is 0 Å². The highest BCUT2D eigenvalue weighted by atomic mass is 16.5. The maximum Gasteiger partial charge on any atom is 0.358 e. The third-order valence-electron chi connectivity index (χ3n) is 6.05. The average Bonchev–Trinajstić information content (AvgIpc) is 3.45. The fraction of sp³-hybridized carbons (Fsp3) is 0.533. The molecule has 1 N–H and O–H groups in total. The first-order valence-corrected chi connectivity index (χ1v) is 13.1. The molecule has 2 heterocycles. The van der Waals surface area contributed by atoms with E-state index in [1.165, 1.54) is 22.3 Å². The first-order valence-electron chi connectivity index (χ1n) is 13.1. The highest BCUT2D eigenvalue weighted by molar-refractivity contribution is 5.88. The number of aromatic amines is 1. The van der Waals surface area contributed by atoms with Crippen molar-refractivity contribution < 1.29 is 19.1 Å². The number of esters is 2. The largest absolute Gasteiger partial charge is 0.461 e. The molecule has 0 aliphatic carbocycles. The van der Waals surface area contributed by atoms with Crippen LogP contribution in [0.15, 0.2) is 24.3 Å². The summed E-state index contributed by atoms with van der Waals surface area (Å²) < 4.78 is 11.8. The highest BCUT2D eigenvalue weighted by Gasteiger charge is 2.24. The van der Waals surface area contributed by atoms with Gasteiger partial charge in [-0.05, 0) is 63.4 Å². The SMILES string of the molecule is CCOC(=O)c1cc(C(C)(C)C)[nH]n1.CCOC(=O)c1cc(C(C)(C)C)nn1Cc1c(C)cc(C)cc1C. The van der Waals surface area contributed by atoms with E-state index in [-0.39, 0.29) is 22.8 Å². The van der Waals surface area contributed by atoms with Gasteiger partial charge in [-0.3, -0.25) is 9.78 Å². The van der Waals surface area contributed by atoms with E-state index in [1.807, 2.05) is 13.0 Å². The second kappa shape index (κ2) is 12.4. The number of carbonyl (C=O) groups excluding carboxylic acids is 2. The second-order valence-corrected chi connectivity index (χ2v) is 11.6. The van der Waals surface area contributed by atoms with Crippen LogP contribution in [0.5, 0.6) is 0 Å². The normalized spacial score (nSPS) is 11.6. The molecule has 0 aliphatic rings. The van der Waals surface area contributed by atoms with Gasteiger partial charge in [-0.25, -0.2) is 9.59 Å². The van der Waals surface area contributed by atoms with Gasteiger partial charge in [0.05, 0.1) is 25.5 Å². The van der Waals surface area contributed by atoms with Gasteiger partial charge >= 0.3 is 11.9 Å². The lowest BCUT2D eigenvalue weighted by atomic mass is 9.92. The third kappa shape index (κ3) is 8.04. The summed E-state index contributed by atoms with van der Waals surface area (Å²) in [5, 5.41) is 11.4. The van der Waals surface area contributed by atoms with Crippen molar-refractivity contribution in [1.29, 1.82) is 0 Å². The first kappa shape index (κ1) is 30.8. The van der Waals surface area contributed by atoms with Crippen LogP contribution in [-0.2, 0) is 26.8 Å². The lowest BCUT2D eigenvalue weighted by Gasteiger charge is -2.15. The van der Waals surface area contributed by atoms with Crippen molar-refractivity contribution in [3.8, 4) is 0 Å². The zero-order valence-electron chi connectivity index (χ0n) is 24.9. The molecular formula is C30H44N4O4. The number of aryl methyl sites for hydroxylation is 3. The Kier molecular flexibility index (Phi) is 10.1. The molecule has 0 saturated heterocycles. The molecule has 8 heteroatoms. The van der Waals surface area contributed by atoms with Crippen molar-refractivity contribution >= 4 is 11.9 Å². The summed E-state index contributed by atoms with van der Waals surface area (Å²) in [5.74, 6) is -0.692. The minimum Gasteiger partial charge on any atom is -0.461 e. The van der Waals surface area contributed by atoms with E-state index in [0.717, 1.165) is 11.4 Å². The zero-order chi connectivity index (χ0) is 28.8. The third-order valence-corrected chi connectivity index (χ3v) is 6.05. The monoisotopic (exact) mass is 524 g/mol. The summed E-state index contributed by atoms with van der Waals surface area (Å²) in [4.78, 5) is 23.6. The molecule has 0 spiro atoms. The molecule has 0 radical (unpaired) electrons. The second-order valence-electron chi connectivity index (χ2n) is 11.6. The number of rotatable bonds is 6. The van der Waals surface area contributed by atoms with Gasteiger partial charge in [0.25, 0.3) is 0 Å². The van der Waals surface area contributed by atoms with Gasteiger partial charge in [0.1, 0.15) is 5.69 Å². The molecule has 0 bridgehead atoms. The molecular weight excluding hydrogens is 480 g/mol. The Morgan fingerprint density at radius 3 is 1.87 bits per heavy atom. The molecule has 0 amide bonds. The van der Waals surface area contributed by atoms with Crippen LogP contribution in [0.2, 0.25) is 0 Å². The van der Waals surface area contributed by atoms with Gasteiger partial charge in [0.2, 0.25) is 0 Å². The van der Waals surface area contributed by atoms with E-state index < -0.39 is 0 Å². The Labute approximate surface area is 227 Å². The minimum absolute atomic E-state index is 0.0300. The highest BCUT2D eigenvalue weighted by Crippen LogP contribution is 2.24. The maximum atomic E-state index is 12.3. The van der Waals surface area contributed by atoms with Crippen molar-refractivity contribution in [2.75, 3.05) is 13.2 Å². The van der Waals surface area contributed by atoms with Crippen molar-refractivity contribution in [3.63, 3.8) is 0 Å². The number of nitrogens with one attached hydrogen (secondary N) is 1.